The third kappa shape index (κ3) is 2.35. The molecule has 3 aromatic rings. The highest BCUT2D eigenvalue weighted by molar-refractivity contribution is 5.68. The molecule has 0 aliphatic heterocycles. The SMILES string of the molecule is Nc1cnccc1-c1nc(Cc2ccccc2F)no1. The van der Waals surface area contributed by atoms with Crippen LogP contribution in [-0.4, -0.2) is 15.1 Å². The first-order chi connectivity index (χ1) is 9.74. The van der Waals surface area contributed by atoms with Crippen molar-refractivity contribution in [2.24, 2.45) is 0 Å². The molecular formula is C14H11FN4O. The van der Waals surface area contributed by atoms with Crippen molar-refractivity contribution in [2.45, 2.75) is 6.42 Å². The first-order valence-electron chi connectivity index (χ1n) is 6.00. The van der Waals surface area contributed by atoms with Crippen LogP contribution in [0.5, 0.6) is 0 Å². The maximum Gasteiger partial charge on any atom is 0.260 e. The Morgan fingerprint density at radius 1 is 1.20 bits per heavy atom. The van der Waals surface area contributed by atoms with Gasteiger partial charge in [0.1, 0.15) is 5.82 Å². The lowest BCUT2D eigenvalue weighted by atomic mass is 10.1. The number of halogens is 1. The molecule has 5 nitrogen and oxygen atoms in total. The van der Waals surface area contributed by atoms with E-state index < -0.39 is 0 Å². The molecule has 0 atom stereocenters. The third-order valence-electron chi connectivity index (χ3n) is 2.86. The minimum Gasteiger partial charge on any atom is -0.397 e. The minimum absolute atomic E-state index is 0.265. The van der Waals surface area contributed by atoms with Crippen molar-refractivity contribution >= 4 is 5.69 Å². The van der Waals surface area contributed by atoms with Gasteiger partial charge in [0.05, 0.1) is 17.4 Å². The second kappa shape index (κ2) is 5.08. The fourth-order valence-electron chi connectivity index (χ4n) is 1.85. The lowest BCUT2D eigenvalue weighted by Gasteiger charge is -1.98. The van der Waals surface area contributed by atoms with Crippen molar-refractivity contribution in [2.75, 3.05) is 5.73 Å². The lowest BCUT2D eigenvalue weighted by Crippen LogP contribution is -1.95. The van der Waals surface area contributed by atoms with Crippen LogP contribution in [0, 0.1) is 5.82 Å². The first-order valence-corrected chi connectivity index (χ1v) is 6.00. The van der Waals surface area contributed by atoms with Gasteiger partial charge in [-0.3, -0.25) is 4.98 Å². The molecule has 0 saturated carbocycles. The molecule has 0 aliphatic carbocycles. The number of nitrogens with two attached hydrogens (primary N) is 1. The van der Waals surface area contributed by atoms with E-state index in [2.05, 4.69) is 15.1 Å². The molecule has 2 heterocycles. The van der Waals surface area contributed by atoms with Gasteiger partial charge in [-0.25, -0.2) is 4.39 Å². The van der Waals surface area contributed by atoms with E-state index in [9.17, 15) is 4.39 Å². The quantitative estimate of drug-likeness (QED) is 0.790. The molecule has 0 spiro atoms. The smallest absolute Gasteiger partial charge is 0.260 e. The molecule has 0 aliphatic rings. The molecule has 6 heteroatoms. The van der Waals surface area contributed by atoms with Crippen LogP contribution in [0.25, 0.3) is 11.5 Å². The number of aromatic nitrogens is 3. The van der Waals surface area contributed by atoms with Crippen LogP contribution in [0.15, 0.2) is 47.2 Å². The summed E-state index contributed by atoms with van der Waals surface area (Å²) in [5.41, 5.74) is 7.37. The molecule has 0 bridgehead atoms. The van der Waals surface area contributed by atoms with Crippen molar-refractivity contribution in [3.63, 3.8) is 0 Å². The Morgan fingerprint density at radius 2 is 2.05 bits per heavy atom. The number of hydrogen-bond donors (Lipinski definition) is 1. The second-order valence-electron chi connectivity index (χ2n) is 4.25. The molecule has 1 aromatic carbocycles. The van der Waals surface area contributed by atoms with Crippen molar-refractivity contribution in [1.82, 2.24) is 15.1 Å². The number of nitrogen functional groups attached to an aromatic ring is 1. The summed E-state index contributed by atoms with van der Waals surface area (Å²) < 4.78 is 18.7. The molecule has 100 valence electrons. The van der Waals surface area contributed by atoms with Crippen LogP contribution in [0.1, 0.15) is 11.4 Å². The van der Waals surface area contributed by atoms with Crippen molar-refractivity contribution in [3.05, 3.63) is 59.9 Å². The number of benzene rings is 1. The topological polar surface area (TPSA) is 77.8 Å². The average molecular weight is 270 g/mol. The molecule has 2 aromatic heterocycles. The number of hydrogen-bond acceptors (Lipinski definition) is 5. The van der Waals surface area contributed by atoms with E-state index >= 15 is 0 Å². The van der Waals surface area contributed by atoms with E-state index in [1.807, 2.05) is 0 Å². The highest BCUT2D eigenvalue weighted by atomic mass is 19.1. The highest BCUT2D eigenvalue weighted by Gasteiger charge is 2.13. The Balaban J connectivity index is 1.88. The van der Waals surface area contributed by atoms with Crippen molar-refractivity contribution < 1.29 is 8.91 Å². The van der Waals surface area contributed by atoms with E-state index in [4.69, 9.17) is 10.3 Å². The highest BCUT2D eigenvalue weighted by Crippen LogP contribution is 2.23. The predicted molar refractivity (Wildman–Crippen MR) is 71.1 cm³/mol. The normalized spacial score (nSPS) is 10.7. The Kier molecular flexibility index (Phi) is 3.12. The standard InChI is InChI=1S/C14H11FN4O/c15-11-4-2-1-3-9(11)7-13-18-14(20-19-13)10-5-6-17-8-12(10)16/h1-6,8H,7,16H2. The maximum absolute atomic E-state index is 13.6. The first kappa shape index (κ1) is 12.3. The summed E-state index contributed by atoms with van der Waals surface area (Å²) in [5, 5.41) is 3.84. The van der Waals surface area contributed by atoms with Crippen LogP contribution in [0.4, 0.5) is 10.1 Å². The van der Waals surface area contributed by atoms with Crippen molar-refractivity contribution in [1.29, 1.82) is 0 Å². The monoisotopic (exact) mass is 270 g/mol. The zero-order chi connectivity index (χ0) is 13.9. The van der Waals surface area contributed by atoms with Gasteiger partial charge in [-0.1, -0.05) is 23.4 Å². The number of anilines is 1. The largest absolute Gasteiger partial charge is 0.397 e. The van der Waals surface area contributed by atoms with Crippen LogP contribution in [0.2, 0.25) is 0 Å². The summed E-state index contributed by atoms with van der Waals surface area (Å²) in [6.07, 6.45) is 3.36. The third-order valence-corrected chi connectivity index (χ3v) is 2.86. The number of nitrogens with zero attached hydrogens (tertiary/aromatic N) is 3. The van der Waals surface area contributed by atoms with Crippen LogP contribution in [0.3, 0.4) is 0 Å². The Bertz CT molecular complexity index is 741. The summed E-state index contributed by atoms with van der Waals surface area (Å²) >= 11 is 0. The summed E-state index contributed by atoms with van der Waals surface area (Å²) in [7, 11) is 0. The van der Waals surface area contributed by atoms with E-state index in [-0.39, 0.29) is 12.2 Å². The van der Waals surface area contributed by atoms with E-state index in [0.717, 1.165) is 0 Å². The molecule has 3 rings (SSSR count). The summed E-state index contributed by atoms with van der Waals surface area (Å²) in [6.45, 7) is 0. The van der Waals surface area contributed by atoms with Gasteiger partial charge in [0.25, 0.3) is 5.89 Å². The maximum atomic E-state index is 13.6. The van der Waals surface area contributed by atoms with Crippen LogP contribution >= 0.6 is 0 Å². The Labute approximate surface area is 114 Å². The fourth-order valence-corrected chi connectivity index (χ4v) is 1.85. The van der Waals surface area contributed by atoms with Gasteiger partial charge in [-0.2, -0.15) is 4.98 Å². The van der Waals surface area contributed by atoms with Crippen molar-refractivity contribution in [3.8, 4) is 11.5 Å². The van der Waals surface area contributed by atoms with Crippen LogP contribution < -0.4 is 5.73 Å². The minimum atomic E-state index is -0.290. The van der Waals surface area contributed by atoms with E-state index in [1.54, 1.807) is 30.5 Å². The molecule has 0 unspecified atom stereocenters. The zero-order valence-electron chi connectivity index (χ0n) is 10.5. The second-order valence-corrected chi connectivity index (χ2v) is 4.25. The predicted octanol–water partition coefficient (Wildman–Crippen LogP) is 2.44. The molecule has 2 N–H and O–H groups in total. The van der Waals surface area contributed by atoms with E-state index in [0.29, 0.717) is 28.5 Å². The summed E-state index contributed by atoms with van der Waals surface area (Å²) in [4.78, 5) is 8.12. The van der Waals surface area contributed by atoms with Gasteiger partial charge in [0.2, 0.25) is 0 Å². The molecule has 0 fully saturated rings. The van der Waals surface area contributed by atoms with Gasteiger partial charge in [0.15, 0.2) is 5.82 Å². The number of rotatable bonds is 3. The lowest BCUT2D eigenvalue weighted by molar-refractivity contribution is 0.423. The molecule has 0 amide bonds. The Morgan fingerprint density at radius 3 is 2.85 bits per heavy atom. The fraction of sp³-hybridized carbons (Fsp3) is 0.0714. The zero-order valence-corrected chi connectivity index (χ0v) is 10.5. The van der Waals surface area contributed by atoms with Gasteiger partial charge in [-0.05, 0) is 17.7 Å². The Hall–Kier alpha value is -2.76. The summed E-state index contributed by atoms with van der Waals surface area (Å²) in [5.74, 6) is 0.417. The van der Waals surface area contributed by atoms with Gasteiger partial charge >= 0.3 is 0 Å². The van der Waals surface area contributed by atoms with Gasteiger partial charge in [-0.15, -0.1) is 0 Å². The van der Waals surface area contributed by atoms with Crippen LogP contribution in [-0.2, 0) is 6.42 Å². The van der Waals surface area contributed by atoms with E-state index in [1.165, 1.54) is 12.3 Å². The molecule has 0 radical (unpaired) electrons. The molecular weight excluding hydrogens is 259 g/mol. The van der Waals surface area contributed by atoms with Gasteiger partial charge < -0.3 is 10.3 Å². The molecule has 0 saturated heterocycles. The average Bonchev–Trinajstić information content (AvgIpc) is 2.90. The van der Waals surface area contributed by atoms with Gasteiger partial charge in [0, 0.05) is 12.6 Å². The summed E-state index contributed by atoms with van der Waals surface area (Å²) in [6, 6.07) is 8.18. The number of pyridine rings is 1. The molecule has 20 heavy (non-hydrogen) atoms.